The summed E-state index contributed by atoms with van der Waals surface area (Å²) in [5.41, 5.74) is 5.14. The van der Waals surface area contributed by atoms with Crippen LogP contribution < -0.4 is 47.1 Å². The molecule has 0 saturated carbocycles. The molecule has 0 fully saturated rings. The summed E-state index contributed by atoms with van der Waals surface area (Å²) in [5, 5.41) is 29.5. The first kappa shape index (κ1) is 138. The number of methoxy groups -OCH3 is 1. The van der Waals surface area contributed by atoms with Gasteiger partial charge in [-0.05, 0) is 127 Å². The maximum absolute atomic E-state index is 12.6. The van der Waals surface area contributed by atoms with E-state index in [-0.39, 0.29) is 43.4 Å². The van der Waals surface area contributed by atoms with E-state index >= 15 is 0 Å². The Bertz CT molecular complexity index is 6370. The number of hydrogen-bond acceptors (Lipinski definition) is 29. The number of benzene rings is 9. The molecule has 0 aromatic heterocycles. The number of ketones is 1. The van der Waals surface area contributed by atoms with Gasteiger partial charge in [-0.2, -0.15) is 0 Å². The van der Waals surface area contributed by atoms with Crippen molar-refractivity contribution in [2.45, 2.75) is 242 Å². The van der Waals surface area contributed by atoms with Crippen LogP contribution in [0.25, 0.3) is 20.7 Å². The molecule has 9 rings (SSSR count). The second-order valence-corrected chi connectivity index (χ2v) is 43.8. The van der Waals surface area contributed by atoms with Gasteiger partial charge in [0.15, 0.2) is 39.0 Å². The second-order valence-electron chi connectivity index (χ2n) is 32.6. The summed E-state index contributed by atoms with van der Waals surface area (Å²) >= 11 is 0. The number of ether oxygens (including phenoxy) is 6. The predicted octanol–water partition coefficient (Wildman–Crippen LogP) is 24.6. The second kappa shape index (κ2) is 58.9. The standard InChI is InChI=1S/C24H41N2O3.C15H24O3S.C14H21N2O2.C14H12O6S.C10H8O3S.C9H12O3S.C6HF5O3S.ClHO4.2F6P/c1-4-7-10-13-16-27-21-19-22(28-17-14-11-8-5-2)24(26-25)23(20-21)29-18-15-12-9-6-3;1-9(2)12-7-13(10(3)4)15(19(16,17)18)14(8-12)11(5)6;1-3-5-9-17-12-7-8-13(16-15)14(11-12)18-10-6-4-2;1-20-12-8-11(15)10(7-13(12)21(17,18)19)14(16)9-5-3-2-4-6-9;11-14(12,13)10-7-3-5-8-4-1-2-6-9(8)10;1-6-4-7(2)9(8(3)5-6)13(10,11)12;7-1-2(8)4(10)6(15(12,13)14)5(11)3(1)9;2-1(3,4)5;2*1-7(2,3,4,5)6/h19-20H,4-18H2,1-3H3;7-11H,1-6H3,(H,16,17,18);7-8,11H,3-6,9-10H2,1-2H3;2-8,15H,1H3,(H,17,18,19);1-7H,(H,11,12,13);4-5H,1-3H3,(H,10,11,12);(H,12,13,14);(H,2,3,4,5);;/q+1;;+1;;;;;;2*-1/p-6. The van der Waals surface area contributed by atoms with Crippen molar-refractivity contribution >= 4 is 94.1 Å². The fourth-order valence-electron chi connectivity index (χ4n) is 12.3. The third-order valence-electron chi connectivity index (χ3n) is 18.9. The minimum absolute atomic E-state index is 0.00919. The molecule has 0 heterocycles. The quantitative estimate of drug-likeness (QED) is 0.00552. The van der Waals surface area contributed by atoms with Gasteiger partial charge < -0.3 is 56.3 Å². The zero-order valence-electron chi connectivity index (χ0n) is 82.4. The zero-order valence-corrected chi connectivity index (χ0v) is 89.1. The molecule has 0 bridgehead atoms. The number of phenolic OH excluding ortho intramolecular Hbond substituents is 1. The van der Waals surface area contributed by atoms with Gasteiger partial charge in [-0.1, -0.05) is 243 Å². The van der Waals surface area contributed by atoms with Crippen LogP contribution in [0.4, 0.5) is 83.7 Å². The molecule has 0 aliphatic carbocycles. The van der Waals surface area contributed by atoms with Crippen molar-refractivity contribution < 1.29 is 204 Å². The van der Waals surface area contributed by atoms with E-state index in [0.29, 0.717) is 101 Å². The average Bonchev–Trinajstić information content (AvgIpc) is 0.773. The Balaban J connectivity index is 0.00000167. The first-order valence-corrected chi connectivity index (χ1v) is 56.7. The smallest absolute Gasteiger partial charge is 0.200 e. The van der Waals surface area contributed by atoms with Crippen LogP contribution in [0, 0.1) is 70.9 Å². The molecule has 1 N–H and O–H groups in total. The van der Waals surface area contributed by atoms with Gasteiger partial charge in [0.1, 0.15) is 78.5 Å². The molecule has 0 radical (unpaired) electrons. The molecular weight excluding hydrogens is 2170 g/mol. The summed E-state index contributed by atoms with van der Waals surface area (Å²) in [4.78, 5) is 15.6. The van der Waals surface area contributed by atoms with Crippen LogP contribution >= 0.6 is 15.6 Å². The van der Waals surface area contributed by atoms with E-state index in [4.69, 9.17) is 52.5 Å². The van der Waals surface area contributed by atoms with E-state index in [1.807, 2.05) is 58.9 Å². The Morgan fingerprint density at radius 2 is 0.750 bits per heavy atom. The molecule has 0 unspecified atom stereocenters. The minimum atomic E-state index is -10.7. The summed E-state index contributed by atoms with van der Waals surface area (Å²) in [5.74, 6) is -10.8. The van der Waals surface area contributed by atoms with Crippen molar-refractivity contribution in [1.29, 1.82) is 10.8 Å². The summed E-state index contributed by atoms with van der Waals surface area (Å²) in [6.07, 6.45) is 17.8. The van der Waals surface area contributed by atoms with E-state index in [0.717, 1.165) is 99.3 Å². The molecule has 9 aromatic rings. The number of halogens is 18. The van der Waals surface area contributed by atoms with Crippen LogP contribution in [0.1, 0.15) is 246 Å². The monoisotopic (exact) mass is 2290 g/mol. The maximum Gasteiger partial charge on any atom is 0.200 e. The molecule has 31 nitrogen and oxygen atoms in total. The van der Waals surface area contributed by atoms with E-state index < -0.39 is 127 Å². The van der Waals surface area contributed by atoms with Crippen LogP contribution in [-0.4, -0.2) is 116 Å². The fourth-order valence-corrected chi connectivity index (χ4v) is 16.4. The van der Waals surface area contributed by atoms with Crippen LogP contribution in [0.15, 0.2) is 164 Å². The van der Waals surface area contributed by atoms with Crippen LogP contribution in [0.5, 0.6) is 40.2 Å². The molecule has 148 heavy (non-hydrogen) atoms. The van der Waals surface area contributed by atoms with Gasteiger partial charge in [0.2, 0.25) is 33.9 Å². The Morgan fingerprint density at radius 3 is 1.12 bits per heavy atom. The normalized spacial score (nSPS) is 12.4. The van der Waals surface area contributed by atoms with Crippen molar-refractivity contribution in [1.82, 2.24) is 0 Å². The number of aryl methyl sites for hydroxylation is 3. The Morgan fingerprint density at radius 1 is 0.392 bits per heavy atom. The van der Waals surface area contributed by atoms with Gasteiger partial charge >= 0.3 is 77.4 Å². The Hall–Kier alpha value is -10.3. The molecule has 0 amide bonds. The number of rotatable bonds is 37. The fraction of sp³-hybridized carbons (Fsp3) is 0.424. The molecule has 0 saturated heterocycles. The van der Waals surface area contributed by atoms with Gasteiger partial charge in [-0.25, -0.2) is 82.7 Å². The number of nitrogens with zero attached hydrogens (tertiary/aromatic N) is 4. The van der Waals surface area contributed by atoms with Crippen molar-refractivity contribution in [3.63, 3.8) is 0 Å². The number of carbonyl (C=O) groups excluding carboxylic acids is 1. The van der Waals surface area contributed by atoms with E-state index in [1.165, 1.54) is 63.1 Å². The predicted molar refractivity (Wildman–Crippen MR) is 503 cm³/mol. The van der Waals surface area contributed by atoms with Gasteiger partial charge in [0.25, 0.3) is 0 Å². The molecule has 56 heteroatoms. The molecule has 0 aliphatic heterocycles. The number of carbonyl (C=O) groups is 1. The van der Waals surface area contributed by atoms with Gasteiger partial charge in [-0.3, -0.25) is 4.79 Å². The molecule has 0 spiro atoms. The number of unbranched alkanes of at least 4 members (excludes halogenated alkanes) is 11. The number of fused-ring (bicyclic) bond motifs is 1. The van der Waals surface area contributed by atoms with Crippen molar-refractivity contribution in [3.05, 3.63) is 223 Å². The number of diazo groups is 2. The Kier molecular flexibility index (Phi) is 54.8. The van der Waals surface area contributed by atoms with Crippen molar-refractivity contribution in [2.24, 2.45) is 0 Å². The topological polar surface area (TPSA) is 527 Å². The summed E-state index contributed by atoms with van der Waals surface area (Å²) in [7, 11) is -48.9. The zero-order chi connectivity index (χ0) is 115. The first-order valence-electron chi connectivity index (χ1n) is 44.4. The van der Waals surface area contributed by atoms with E-state index in [9.17, 15) is 152 Å². The molecule has 0 aliphatic rings. The van der Waals surface area contributed by atoms with Crippen LogP contribution in [-0.2, 0) is 50.6 Å². The van der Waals surface area contributed by atoms with Crippen LogP contribution in [0.2, 0.25) is 0 Å². The summed E-state index contributed by atoms with van der Waals surface area (Å²) in [6, 6.07) is 37.3. The SMILES string of the molecule is CC(C)c1cc(C(C)C)c(S(=O)(=O)[O-])c(C(C)C)c1.CCCCCCOc1cc(OCCCCCC)c([N+]#N)c(OCCCCCC)c1.CCCCOc1ccc([N+]#N)c(OCCCC)c1.COc1cc(O)c(C(=O)c2ccccc2)cc1S(=O)(=O)[O-].Cc1cc(C)c(S(=O)(=O)[O-])c(C)c1.F[P-](F)(F)(F)(F)F.F[P-](F)(F)(F)(F)F.O=S(=O)([O-])c1c(F)c(F)c(F)c(F)c1F.O=S(=O)([O-])c1cccc2ccccc12.[O-][Cl+3]([O-])([O-])[O-]. The Labute approximate surface area is 849 Å². The van der Waals surface area contributed by atoms with Gasteiger partial charge in [0.05, 0.1) is 65.3 Å². The molecular formula is C92H114ClF17N4O27P2S5-6. The van der Waals surface area contributed by atoms with Gasteiger partial charge in [0, 0.05) is 35.9 Å². The van der Waals surface area contributed by atoms with Gasteiger partial charge in [-0.15, -0.1) is 10.2 Å². The first-order chi connectivity index (χ1) is 67.5. The van der Waals surface area contributed by atoms with Crippen molar-refractivity contribution in [2.75, 3.05) is 40.1 Å². The third-order valence-corrected chi connectivity index (χ3v) is 23.6. The molecule has 0 atom stereocenters. The number of phenols is 1. The average molecular weight is 2290 g/mol. The summed E-state index contributed by atoms with van der Waals surface area (Å²) in [6.45, 7) is 30.9. The van der Waals surface area contributed by atoms with E-state index in [2.05, 4.69) is 58.4 Å². The molecule has 836 valence electrons. The van der Waals surface area contributed by atoms with E-state index in [1.54, 1.807) is 98.8 Å². The third kappa shape index (κ3) is 57.6. The number of aromatic hydroxyl groups is 1. The van der Waals surface area contributed by atoms with Crippen LogP contribution in [0.3, 0.4) is 0 Å². The molecule has 9 aromatic carbocycles. The maximum atomic E-state index is 12.6. The van der Waals surface area contributed by atoms with Crippen molar-refractivity contribution in [3.8, 4) is 40.2 Å². The minimum Gasteiger partial charge on any atom is -0.744 e. The number of hydrogen-bond donors (Lipinski definition) is 1. The summed E-state index contributed by atoms with van der Waals surface area (Å²) < 4.78 is 413. The largest absolute Gasteiger partial charge is 0.744 e.